The number of hydrogen-bond donors (Lipinski definition) is 3. The number of urea groups is 1. The van der Waals surface area contributed by atoms with E-state index in [0.717, 1.165) is 4.47 Å². The van der Waals surface area contributed by atoms with Crippen LogP contribution in [0.1, 0.15) is 0 Å². The maximum Gasteiger partial charge on any atom is 0.318 e. The van der Waals surface area contributed by atoms with Crippen molar-refractivity contribution in [2.75, 3.05) is 19.0 Å². The van der Waals surface area contributed by atoms with Gasteiger partial charge in [-0.2, -0.15) is 0 Å². The first-order valence-electron chi connectivity index (χ1n) is 4.69. The van der Waals surface area contributed by atoms with Crippen LogP contribution in [0.2, 0.25) is 0 Å². The van der Waals surface area contributed by atoms with Crippen molar-refractivity contribution >= 4 is 33.6 Å². The molecule has 7 heteroatoms. The third kappa shape index (κ3) is 4.31. The monoisotopic (exact) mass is 301 g/mol. The molecule has 1 aromatic rings. The maximum absolute atomic E-state index is 11.1. The molecule has 0 saturated carbocycles. The minimum absolute atomic E-state index is 0.0479. The molecule has 0 aliphatic carbocycles. The molecule has 0 radical (unpaired) electrons. The van der Waals surface area contributed by atoms with E-state index in [2.05, 4.69) is 21.2 Å². The molecule has 1 rings (SSSR count). The number of nitrogens with two attached hydrogens (primary N) is 1. The van der Waals surface area contributed by atoms with Gasteiger partial charge in [0, 0.05) is 11.8 Å². The molecule has 0 spiro atoms. The zero-order valence-corrected chi connectivity index (χ0v) is 10.7. The zero-order chi connectivity index (χ0) is 12.8. The van der Waals surface area contributed by atoms with Gasteiger partial charge in [0.25, 0.3) is 0 Å². The molecule has 0 aliphatic rings. The van der Waals surface area contributed by atoms with Crippen molar-refractivity contribution in [1.29, 1.82) is 0 Å². The van der Waals surface area contributed by atoms with Crippen molar-refractivity contribution in [2.24, 2.45) is 5.73 Å². The van der Waals surface area contributed by atoms with Crippen LogP contribution >= 0.6 is 15.9 Å². The van der Waals surface area contributed by atoms with Gasteiger partial charge in [0.15, 0.2) is 0 Å². The van der Waals surface area contributed by atoms with Crippen LogP contribution < -0.4 is 21.1 Å². The molecule has 0 heterocycles. The molecule has 92 valence electrons. The normalized spacial score (nSPS) is 9.53. The van der Waals surface area contributed by atoms with Gasteiger partial charge in [-0.3, -0.25) is 10.1 Å². The highest BCUT2D eigenvalue weighted by Crippen LogP contribution is 2.27. The Morgan fingerprint density at radius 2 is 2.18 bits per heavy atom. The van der Waals surface area contributed by atoms with Crippen molar-refractivity contribution in [2.45, 2.75) is 0 Å². The number of ether oxygens (including phenoxy) is 1. The lowest BCUT2D eigenvalue weighted by Crippen LogP contribution is -2.38. The lowest BCUT2D eigenvalue weighted by atomic mass is 10.3. The average molecular weight is 302 g/mol. The quantitative estimate of drug-likeness (QED) is 0.775. The molecule has 0 atom stereocenters. The molecule has 0 saturated heterocycles. The van der Waals surface area contributed by atoms with E-state index in [0.29, 0.717) is 11.4 Å². The van der Waals surface area contributed by atoms with Crippen LogP contribution in [0.4, 0.5) is 10.5 Å². The summed E-state index contributed by atoms with van der Waals surface area (Å²) in [6.45, 7) is -0.0479. The summed E-state index contributed by atoms with van der Waals surface area (Å²) in [5.74, 6) is 0.143. The van der Waals surface area contributed by atoms with Gasteiger partial charge in [0.2, 0.25) is 5.91 Å². The second-order valence-electron chi connectivity index (χ2n) is 3.12. The minimum atomic E-state index is -0.870. The predicted molar refractivity (Wildman–Crippen MR) is 66.9 cm³/mol. The van der Waals surface area contributed by atoms with Crippen molar-refractivity contribution in [3.8, 4) is 5.75 Å². The Kier molecular flexibility index (Phi) is 4.77. The zero-order valence-electron chi connectivity index (χ0n) is 9.12. The van der Waals surface area contributed by atoms with E-state index >= 15 is 0 Å². The number of methoxy groups -OCH3 is 1. The van der Waals surface area contributed by atoms with E-state index in [4.69, 9.17) is 10.5 Å². The number of halogens is 1. The van der Waals surface area contributed by atoms with Crippen LogP contribution in [0.3, 0.4) is 0 Å². The highest BCUT2D eigenvalue weighted by atomic mass is 79.9. The summed E-state index contributed by atoms with van der Waals surface area (Å²) >= 11 is 3.31. The number of benzene rings is 1. The molecular weight excluding hydrogens is 290 g/mol. The molecule has 4 N–H and O–H groups in total. The first-order chi connectivity index (χ1) is 8.02. The number of carbonyl (C=O) groups is 2. The van der Waals surface area contributed by atoms with Gasteiger partial charge in [-0.05, 0) is 28.1 Å². The fourth-order valence-electron chi connectivity index (χ4n) is 1.13. The smallest absolute Gasteiger partial charge is 0.318 e. The van der Waals surface area contributed by atoms with E-state index in [9.17, 15) is 9.59 Å². The summed E-state index contributed by atoms with van der Waals surface area (Å²) in [7, 11) is 1.55. The van der Waals surface area contributed by atoms with Crippen LogP contribution in [0.15, 0.2) is 22.7 Å². The first kappa shape index (κ1) is 13.3. The lowest BCUT2D eigenvalue weighted by Gasteiger charge is -2.08. The molecule has 3 amide bonds. The van der Waals surface area contributed by atoms with Gasteiger partial charge in [-0.25, -0.2) is 4.79 Å². The summed E-state index contributed by atoms with van der Waals surface area (Å²) in [6.07, 6.45) is 0. The highest BCUT2D eigenvalue weighted by Gasteiger charge is 2.05. The van der Waals surface area contributed by atoms with E-state index in [1.54, 1.807) is 25.3 Å². The molecular formula is C10H12BrN3O3. The molecule has 17 heavy (non-hydrogen) atoms. The van der Waals surface area contributed by atoms with Crippen molar-refractivity contribution in [1.82, 2.24) is 5.32 Å². The lowest BCUT2D eigenvalue weighted by molar-refractivity contribution is -0.118. The number of anilines is 1. The molecule has 0 unspecified atom stereocenters. The summed E-state index contributed by atoms with van der Waals surface area (Å²) < 4.78 is 5.91. The van der Waals surface area contributed by atoms with E-state index in [1.165, 1.54) is 0 Å². The Morgan fingerprint density at radius 3 is 2.76 bits per heavy atom. The summed E-state index contributed by atoms with van der Waals surface area (Å²) in [5, 5.41) is 4.78. The minimum Gasteiger partial charge on any atom is -0.495 e. The Morgan fingerprint density at radius 1 is 1.47 bits per heavy atom. The summed E-state index contributed by atoms with van der Waals surface area (Å²) in [4.78, 5) is 21.5. The van der Waals surface area contributed by atoms with Crippen LogP contribution in [0, 0.1) is 0 Å². The number of primary amides is 1. The SMILES string of the molecule is COc1cc(NCC(=O)NC(N)=O)ccc1Br. The van der Waals surface area contributed by atoms with Crippen molar-refractivity contribution < 1.29 is 14.3 Å². The van der Waals surface area contributed by atoms with Crippen molar-refractivity contribution in [3.05, 3.63) is 22.7 Å². The highest BCUT2D eigenvalue weighted by molar-refractivity contribution is 9.10. The number of amides is 3. The Bertz CT molecular complexity index is 437. The molecule has 0 bridgehead atoms. The van der Waals surface area contributed by atoms with E-state index in [1.807, 2.05) is 5.32 Å². The Hall–Kier alpha value is -1.76. The van der Waals surface area contributed by atoms with Crippen LogP contribution in [-0.4, -0.2) is 25.6 Å². The molecule has 0 fully saturated rings. The number of rotatable bonds is 4. The van der Waals surface area contributed by atoms with Crippen LogP contribution in [-0.2, 0) is 4.79 Å². The van der Waals surface area contributed by atoms with Gasteiger partial charge in [-0.15, -0.1) is 0 Å². The van der Waals surface area contributed by atoms with Gasteiger partial charge >= 0.3 is 6.03 Å². The Balaban J connectivity index is 2.57. The predicted octanol–water partition coefficient (Wildman–Crippen LogP) is 1.06. The molecule has 6 nitrogen and oxygen atoms in total. The summed E-state index contributed by atoms with van der Waals surface area (Å²) in [5.41, 5.74) is 5.50. The van der Waals surface area contributed by atoms with Crippen LogP contribution in [0.25, 0.3) is 0 Å². The fourth-order valence-corrected chi connectivity index (χ4v) is 1.54. The van der Waals surface area contributed by atoms with Gasteiger partial charge in [-0.1, -0.05) is 0 Å². The number of imide groups is 1. The average Bonchev–Trinajstić information content (AvgIpc) is 2.27. The molecule has 0 aliphatic heterocycles. The second-order valence-corrected chi connectivity index (χ2v) is 3.97. The van der Waals surface area contributed by atoms with Gasteiger partial charge < -0.3 is 15.8 Å². The van der Waals surface area contributed by atoms with Crippen LogP contribution in [0.5, 0.6) is 5.75 Å². The molecule has 0 aromatic heterocycles. The standard InChI is InChI=1S/C10H12BrN3O3/c1-17-8-4-6(2-3-7(8)11)13-5-9(15)14-10(12)16/h2-4,13H,5H2,1H3,(H3,12,14,15,16). The van der Waals surface area contributed by atoms with E-state index < -0.39 is 11.9 Å². The first-order valence-corrected chi connectivity index (χ1v) is 5.49. The number of hydrogen-bond acceptors (Lipinski definition) is 4. The Labute approximate surface area is 107 Å². The number of nitrogens with one attached hydrogen (secondary N) is 2. The third-order valence-corrected chi connectivity index (χ3v) is 2.52. The fraction of sp³-hybridized carbons (Fsp3) is 0.200. The largest absolute Gasteiger partial charge is 0.495 e. The number of carbonyl (C=O) groups excluding carboxylic acids is 2. The van der Waals surface area contributed by atoms with Gasteiger partial charge in [0.1, 0.15) is 5.75 Å². The van der Waals surface area contributed by atoms with E-state index in [-0.39, 0.29) is 6.54 Å². The van der Waals surface area contributed by atoms with Gasteiger partial charge in [0.05, 0.1) is 18.1 Å². The maximum atomic E-state index is 11.1. The van der Waals surface area contributed by atoms with Crippen molar-refractivity contribution in [3.63, 3.8) is 0 Å². The third-order valence-electron chi connectivity index (χ3n) is 1.87. The topological polar surface area (TPSA) is 93.4 Å². The second kappa shape index (κ2) is 6.09. The summed E-state index contributed by atoms with van der Waals surface area (Å²) in [6, 6.07) is 4.41. The molecule has 1 aromatic carbocycles.